The summed E-state index contributed by atoms with van der Waals surface area (Å²) in [7, 11) is 1.62. The summed E-state index contributed by atoms with van der Waals surface area (Å²) in [6.07, 6.45) is 1.69. The smallest absolute Gasteiger partial charge is 0.244 e. The maximum absolute atomic E-state index is 11.8. The molecule has 0 aliphatic rings. The average molecular weight is 261 g/mol. The lowest BCUT2D eigenvalue weighted by Gasteiger charge is -2.12. The Labute approximate surface area is 115 Å². The average Bonchev–Trinajstić information content (AvgIpc) is 2.37. The summed E-state index contributed by atoms with van der Waals surface area (Å²) in [6, 6.07) is 8.25. The number of hydrogen-bond donors (Lipinski definition) is 1. The molecule has 1 N–H and O–H groups in total. The van der Waals surface area contributed by atoms with Gasteiger partial charge in [-0.05, 0) is 24.0 Å². The van der Waals surface area contributed by atoms with Crippen LogP contribution >= 0.6 is 0 Å². The Hall–Kier alpha value is -1.61. The summed E-state index contributed by atoms with van der Waals surface area (Å²) in [6.45, 7) is 7.30. The minimum absolute atomic E-state index is 0.0682. The predicted octanol–water partition coefficient (Wildman–Crippen LogP) is 2.80. The lowest BCUT2D eigenvalue weighted by atomic mass is 9.94. The Morgan fingerprint density at radius 3 is 2.47 bits per heavy atom. The van der Waals surface area contributed by atoms with Gasteiger partial charge in [0.1, 0.15) is 0 Å². The second kappa shape index (κ2) is 7.74. The number of amides is 1. The van der Waals surface area contributed by atoms with Crippen molar-refractivity contribution >= 4 is 11.5 Å². The quantitative estimate of drug-likeness (QED) is 0.631. The van der Waals surface area contributed by atoms with Gasteiger partial charge in [0.25, 0.3) is 0 Å². The molecule has 0 unspecified atom stereocenters. The molecule has 3 nitrogen and oxygen atoms in total. The first-order valence-corrected chi connectivity index (χ1v) is 6.60. The third-order valence-corrected chi connectivity index (χ3v) is 2.90. The van der Waals surface area contributed by atoms with E-state index in [1.807, 2.05) is 0 Å². The molecule has 1 amide bonds. The third kappa shape index (κ3) is 5.26. The van der Waals surface area contributed by atoms with E-state index in [9.17, 15) is 4.79 Å². The van der Waals surface area contributed by atoms with Gasteiger partial charge in [0.2, 0.25) is 5.91 Å². The van der Waals surface area contributed by atoms with Gasteiger partial charge in [0, 0.05) is 19.7 Å². The topological polar surface area (TPSA) is 38.3 Å². The standard InChI is InChI=1S/C16H23NO2/c1-12(2)15(11-16(18)17-9-10-19-4)14-7-5-13(3)6-8-14/h5-8,11-12H,9-10H2,1-4H3,(H,17,18)/b15-11+. The van der Waals surface area contributed by atoms with Crippen LogP contribution in [0.2, 0.25) is 0 Å². The SMILES string of the molecule is COCCNC(=O)/C=C(/c1ccc(C)cc1)C(C)C. The molecule has 0 bridgehead atoms. The highest BCUT2D eigenvalue weighted by atomic mass is 16.5. The van der Waals surface area contributed by atoms with Crippen molar-refractivity contribution in [1.82, 2.24) is 5.32 Å². The summed E-state index contributed by atoms with van der Waals surface area (Å²) in [5.41, 5.74) is 3.37. The van der Waals surface area contributed by atoms with Crippen LogP contribution in [0.1, 0.15) is 25.0 Å². The van der Waals surface area contributed by atoms with Crippen molar-refractivity contribution in [2.75, 3.05) is 20.3 Å². The van der Waals surface area contributed by atoms with Gasteiger partial charge in [-0.3, -0.25) is 4.79 Å². The fourth-order valence-electron chi connectivity index (χ4n) is 1.80. The maximum Gasteiger partial charge on any atom is 0.244 e. The van der Waals surface area contributed by atoms with E-state index in [1.54, 1.807) is 13.2 Å². The van der Waals surface area contributed by atoms with Gasteiger partial charge in [-0.1, -0.05) is 43.7 Å². The molecule has 0 heterocycles. The number of methoxy groups -OCH3 is 1. The Morgan fingerprint density at radius 1 is 1.32 bits per heavy atom. The molecular weight excluding hydrogens is 238 g/mol. The Bertz CT molecular complexity index is 433. The number of ether oxygens (including phenoxy) is 1. The van der Waals surface area contributed by atoms with Crippen molar-refractivity contribution in [2.24, 2.45) is 5.92 Å². The summed E-state index contributed by atoms with van der Waals surface area (Å²) in [5, 5.41) is 2.81. The number of rotatable bonds is 6. The van der Waals surface area contributed by atoms with E-state index in [0.717, 1.165) is 11.1 Å². The highest BCUT2D eigenvalue weighted by molar-refractivity contribution is 5.95. The Kier molecular flexibility index (Phi) is 6.30. The van der Waals surface area contributed by atoms with Gasteiger partial charge < -0.3 is 10.1 Å². The van der Waals surface area contributed by atoms with Crippen LogP contribution in [0.4, 0.5) is 0 Å². The highest BCUT2D eigenvalue weighted by Crippen LogP contribution is 2.23. The predicted molar refractivity (Wildman–Crippen MR) is 78.9 cm³/mol. The lowest BCUT2D eigenvalue weighted by Crippen LogP contribution is -2.25. The van der Waals surface area contributed by atoms with Crippen LogP contribution in [0.5, 0.6) is 0 Å². The van der Waals surface area contributed by atoms with Crippen molar-refractivity contribution in [3.63, 3.8) is 0 Å². The number of allylic oxidation sites excluding steroid dienone is 1. The molecular formula is C16H23NO2. The second-order valence-corrected chi connectivity index (χ2v) is 4.90. The molecule has 19 heavy (non-hydrogen) atoms. The number of carbonyl (C=O) groups excluding carboxylic acids is 1. The van der Waals surface area contributed by atoms with Crippen molar-refractivity contribution < 1.29 is 9.53 Å². The van der Waals surface area contributed by atoms with Gasteiger partial charge >= 0.3 is 0 Å². The molecule has 0 atom stereocenters. The largest absolute Gasteiger partial charge is 0.383 e. The van der Waals surface area contributed by atoms with Crippen molar-refractivity contribution in [1.29, 1.82) is 0 Å². The molecule has 1 aromatic rings. The van der Waals surface area contributed by atoms with Crippen LogP contribution < -0.4 is 5.32 Å². The zero-order chi connectivity index (χ0) is 14.3. The number of aryl methyl sites for hydroxylation is 1. The van der Waals surface area contributed by atoms with Crippen LogP contribution in [0.3, 0.4) is 0 Å². The second-order valence-electron chi connectivity index (χ2n) is 4.90. The summed E-state index contributed by atoms with van der Waals surface area (Å²) in [4.78, 5) is 11.8. The van der Waals surface area contributed by atoms with E-state index in [1.165, 1.54) is 5.56 Å². The molecule has 0 aromatic heterocycles. The van der Waals surface area contributed by atoms with Crippen LogP contribution in [0.15, 0.2) is 30.3 Å². The fourth-order valence-corrected chi connectivity index (χ4v) is 1.80. The number of benzene rings is 1. The fraction of sp³-hybridized carbons (Fsp3) is 0.438. The van der Waals surface area contributed by atoms with E-state index < -0.39 is 0 Å². The number of carbonyl (C=O) groups is 1. The molecule has 0 aliphatic carbocycles. The lowest BCUT2D eigenvalue weighted by molar-refractivity contribution is -0.116. The maximum atomic E-state index is 11.8. The number of hydrogen-bond acceptors (Lipinski definition) is 2. The normalized spacial score (nSPS) is 11.7. The molecule has 0 saturated heterocycles. The molecule has 1 aromatic carbocycles. The van der Waals surface area contributed by atoms with Crippen molar-refractivity contribution in [3.8, 4) is 0 Å². The van der Waals surface area contributed by atoms with Gasteiger partial charge in [0.15, 0.2) is 0 Å². The van der Waals surface area contributed by atoms with Crippen LogP contribution in [-0.4, -0.2) is 26.2 Å². The van der Waals surface area contributed by atoms with E-state index >= 15 is 0 Å². The van der Waals surface area contributed by atoms with E-state index in [4.69, 9.17) is 4.74 Å². The van der Waals surface area contributed by atoms with Crippen LogP contribution in [0.25, 0.3) is 5.57 Å². The molecule has 0 fully saturated rings. The summed E-state index contributed by atoms with van der Waals surface area (Å²) < 4.78 is 4.91. The molecule has 1 rings (SSSR count). The molecule has 104 valence electrons. The third-order valence-electron chi connectivity index (χ3n) is 2.90. The van der Waals surface area contributed by atoms with Gasteiger partial charge in [-0.15, -0.1) is 0 Å². The molecule has 3 heteroatoms. The Morgan fingerprint density at radius 2 is 1.95 bits per heavy atom. The monoisotopic (exact) mass is 261 g/mol. The summed E-state index contributed by atoms with van der Waals surface area (Å²) in [5.74, 6) is 0.234. The molecule has 0 saturated carbocycles. The minimum Gasteiger partial charge on any atom is -0.383 e. The highest BCUT2D eigenvalue weighted by Gasteiger charge is 2.08. The zero-order valence-corrected chi connectivity index (χ0v) is 12.2. The number of nitrogens with one attached hydrogen (secondary N) is 1. The van der Waals surface area contributed by atoms with E-state index in [-0.39, 0.29) is 5.91 Å². The summed E-state index contributed by atoms with van der Waals surface area (Å²) >= 11 is 0. The van der Waals surface area contributed by atoms with Crippen LogP contribution in [0, 0.1) is 12.8 Å². The van der Waals surface area contributed by atoms with E-state index in [2.05, 4.69) is 50.4 Å². The van der Waals surface area contributed by atoms with Gasteiger partial charge in [-0.2, -0.15) is 0 Å². The van der Waals surface area contributed by atoms with Gasteiger partial charge in [-0.25, -0.2) is 0 Å². The Balaban J connectivity index is 2.82. The van der Waals surface area contributed by atoms with Crippen LogP contribution in [-0.2, 0) is 9.53 Å². The zero-order valence-electron chi connectivity index (χ0n) is 12.2. The first kappa shape index (κ1) is 15.4. The first-order chi connectivity index (χ1) is 9.04. The molecule has 0 aliphatic heterocycles. The van der Waals surface area contributed by atoms with Crippen molar-refractivity contribution in [3.05, 3.63) is 41.5 Å². The first-order valence-electron chi connectivity index (χ1n) is 6.60. The minimum atomic E-state index is -0.0682. The molecule has 0 radical (unpaired) electrons. The molecule has 0 spiro atoms. The van der Waals surface area contributed by atoms with Crippen molar-refractivity contribution in [2.45, 2.75) is 20.8 Å². The van der Waals surface area contributed by atoms with Gasteiger partial charge in [0.05, 0.1) is 6.61 Å². The van der Waals surface area contributed by atoms with E-state index in [0.29, 0.717) is 19.1 Å².